The van der Waals surface area contributed by atoms with E-state index < -0.39 is 0 Å². The van der Waals surface area contributed by atoms with E-state index in [9.17, 15) is 4.79 Å². The number of piperidine rings is 1. The molecule has 0 saturated carbocycles. The highest BCUT2D eigenvalue weighted by atomic mass is 16.5. The number of fused-ring (bicyclic) bond motifs is 2. The summed E-state index contributed by atoms with van der Waals surface area (Å²) in [5.41, 5.74) is 9.07. The van der Waals surface area contributed by atoms with Crippen LogP contribution in [0.5, 0.6) is 23.0 Å². The van der Waals surface area contributed by atoms with Crippen molar-refractivity contribution in [2.45, 2.75) is 57.0 Å². The Bertz CT molecular complexity index is 1260. The van der Waals surface area contributed by atoms with Crippen molar-refractivity contribution in [3.8, 4) is 23.0 Å². The van der Waals surface area contributed by atoms with Crippen LogP contribution in [-0.4, -0.2) is 50.2 Å². The molecule has 0 radical (unpaired) electrons. The van der Waals surface area contributed by atoms with Gasteiger partial charge in [-0.25, -0.2) is 0 Å². The number of nitrogen functional groups attached to an aromatic ring is 1. The molecule has 5 rings (SSSR count). The fraction of sp³-hybridized carbons (Fsp3) is 0.387. The monoisotopic (exact) mass is 531 g/mol. The van der Waals surface area contributed by atoms with Gasteiger partial charge in [0.15, 0.2) is 11.5 Å². The van der Waals surface area contributed by atoms with Crippen molar-refractivity contribution < 1.29 is 23.7 Å². The minimum atomic E-state index is -0.183. The Morgan fingerprint density at radius 3 is 1.82 bits per heavy atom. The Balaban J connectivity index is 1.34. The van der Waals surface area contributed by atoms with Crippen LogP contribution in [0.25, 0.3) is 0 Å². The molecule has 8 nitrogen and oxygen atoms in total. The van der Waals surface area contributed by atoms with Gasteiger partial charge in [-0.1, -0.05) is 24.3 Å². The lowest BCUT2D eigenvalue weighted by Crippen LogP contribution is -2.48. The van der Waals surface area contributed by atoms with E-state index in [1.807, 2.05) is 48.5 Å². The van der Waals surface area contributed by atoms with E-state index in [-0.39, 0.29) is 11.9 Å². The lowest BCUT2D eigenvalue weighted by atomic mass is 9.97. The van der Waals surface area contributed by atoms with Gasteiger partial charge in [0.05, 0.1) is 19.8 Å². The first-order valence-electron chi connectivity index (χ1n) is 13.4. The predicted molar refractivity (Wildman–Crippen MR) is 151 cm³/mol. The third-order valence-corrected chi connectivity index (χ3v) is 7.90. The zero-order valence-electron chi connectivity index (χ0n) is 22.8. The van der Waals surface area contributed by atoms with E-state index in [1.165, 1.54) is 12.8 Å². The van der Waals surface area contributed by atoms with E-state index in [4.69, 9.17) is 24.7 Å². The first-order valence-corrected chi connectivity index (χ1v) is 13.4. The standard InChI is InChI=1S/C31H37N3O5/c1-34-23-8-9-24(34)15-22(14-23)33-31(35)27-16-29(38-18-20-4-10-25(36-2)11-5-20)30(17-28(27)32)39-19-21-6-12-26(37-3)13-7-21/h4-7,10-13,16-17,22-24H,8-9,14-15,18-19,32H2,1-3H3,(H,33,35). The van der Waals surface area contributed by atoms with Crippen molar-refractivity contribution in [1.82, 2.24) is 10.2 Å². The Hall–Kier alpha value is -3.91. The maximum Gasteiger partial charge on any atom is 0.253 e. The van der Waals surface area contributed by atoms with Gasteiger partial charge in [0, 0.05) is 29.9 Å². The molecule has 0 aliphatic carbocycles. The molecule has 3 aromatic carbocycles. The van der Waals surface area contributed by atoms with E-state index >= 15 is 0 Å². The maximum atomic E-state index is 13.4. The number of carbonyl (C=O) groups is 1. The summed E-state index contributed by atoms with van der Waals surface area (Å²) in [5, 5.41) is 3.23. The van der Waals surface area contributed by atoms with Gasteiger partial charge in [-0.3, -0.25) is 4.79 Å². The Morgan fingerprint density at radius 2 is 1.33 bits per heavy atom. The summed E-state index contributed by atoms with van der Waals surface area (Å²) in [7, 11) is 5.46. The summed E-state index contributed by atoms with van der Waals surface area (Å²) in [4.78, 5) is 15.8. The Kier molecular flexibility index (Phi) is 8.12. The highest BCUT2D eigenvalue weighted by molar-refractivity contribution is 6.00. The van der Waals surface area contributed by atoms with E-state index in [2.05, 4.69) is 17.3 Å². The van der Waals surface area contributed by atoms with Crippen molar-refractivity contribution in [3.63, 3.8) is 0 Å². The van der Waals surface area contributed by atoms with Crippen LogP contribution in [-0.2, 0) is 13.2 Å². The number of ether oxygens (including phenoxy) is 4. The number of nitrogens with two attached hydrogens (primary N) is 1. The van der Waals surface area contributed by atoms with E-state index in [0.717, 1.165) is 35.5 Å². The summed E-state index contributed by atoms with van der Waals surface area (Å²) in [5.74, 6) is 2.31. The molecule has 2 aliphatic rings. The second-order valence-corrected chi connectivity index (χ2v) is 10.4. The average molecular weight is 532 g/mol. The normalized spacial score (nSPS) is 20.3. The van der Waals surface area contributed by atoms with Crippen LogP contribution in [0, 0.1) is 0 Å². The molecule has 39 heavy (non-hydrogen) atoms. The fourth-order valence-electron chi connectivity index (χ4n) is 5.56. The molecule has 1 amide bonds. The van der Waals surface area contributed by atoms with E-state index in [1.54, 1.807) is 26.4 Å². The van der Waals surface area contributed by atoms with Crippen LogP contribution in [0.4, 0.5) is 5.69 Å². The zero-order valence-corrected chi connectivity index (χ0v) is 22.8. The van der Waals surface area contributed by atoms with Crippen molar-refractivity contribution >= 4 is 11.6 Å². The van der Waals surface area contributed by atoms with Crippen molar-refractivity contribution in [1.29, 1.82) is 0 Å². The molecule has 2 aliphatic heterocycles. The first kappa shape index (κ1) is 26.7. The molecular weight excluding hydrogens is 494 g/mol. The van der Waals surface area contributed by atoms with Gasteiger partial charge in [-0.15, -0.1) is 0 Å². The Morgan fingerprint density at radius 1 is 0.846 bits per heavy atom. The zero-order chi connectivity index (χ0) is 27.4. The number of methoxy groups -OCH3 is 2. The number of hydrogen-bond donors (Lipinski definition) is 2. The van der Waals surface area contributed by atoms with Crippen molar-refractivity contribution in [2.75, 3.05) is 27.0 Å². The molecule has 3 N–H and O–H groups in total. The molecule has 2 fully saturated rings. The molecule has 2 bridgehead atoms. The molecule has 3 aromatic rings. The number of hydrogen-bond acceptors (Lipinski definition) is 7. The van der Waals surface area contributed by atoms with Gasteiger partial charge in [-0.05, 0) is 74.2 Å². The van der Waals surface area contributed by atoms with E-state index in [0.29, 0.717) is 48.0 Å². The molecule has 2 heterocycles. The molecule has 2 unspecified atom stereocenters. The lowest BCUT2D eigenvalue weighted by molar-refractivity contribution is 0.0882. The summed E-state index contributed by atoms with van der Waals surface area (Å²) in [6.07, 6.45) is 4.31. The fourth-order valence-corrected chi connectivity index (χ4v) is 5.56. The number of anilines is 1. The first-order chi connectivity index (χ1) is 18.9. The summed E-state index contributed by atoms with van der Waals surface area (Å²) in [6.45, 7) is 0.610. The van der Waals surface area contributed by atoms with Crippen molar-refractivity contribution in [3.05, 3.63) is 77.4 Å². The highest BCUT2D eigenvalue weighted by Crippen LogP contribution is 2.36. The van der Waals surface area contributed by atoms with Crippen LogP contribution < -0.4 is 30.0 Å². The summed E-state index contributed by atoms with van der Waals surface area (Å²) >= 11 is 0. The van der Waals surface area contributed by atoms with Crippen molar-refractivity contribution in [2.24, 2.45) is 0 Å². The smallest absolute Gasteiger partial charge is 0.253 e. The molecule has 0 spiro atoms. The second kappa shape index (κ2) is 11.9. The maximum absolute atomic E-state index is 13.4. The van der Waals surface area contributed by atoms with Gasteiger partial charge in [0.2, 0.25) is 0 Å². The number of nitrogens with one attached hydrogen (secondary N) is 1. The van der Waals surface area contributed by atoms with Crippen LogP contribution in [0.15, 0.2) is 60.7 Å². The molecule has 0 aromatic heterocycles. The predicted octanol–water partition coefficient (Wildman–Crippen LogP) is 4.80. The number of amides is 1. The largest absolute Gasteiger partial charge is 0.497 e. The number of carbonyl (C=O) groups excluding carboxylic acids is 1. The molecular formula is C31H37N3O5. The summed E-state index contributed by atoms with van der Waals surface area (Å²) in [6, 6.07) is 19.9. The van der Waals surface area contributed by atoms with Gasteiger partial charge in [-0.2, -0.15) is 0 Å². The minimum absolute atomic E-state index is 0.139. The third-order valence-electron chi connectivity index (χ3n) is 7.90. The van der Waals surface area contributed by atoms with Gasteiger partial charge >= 0.3 is 0 Å². The lowest BCUT2D eigenvalue weighted by Gasteiger charge is -2.36. The van der Waals surface area contributed by atoms with Crippen LogP contribution in [0.2, 0.25) is 0 Å². The SMILES string of the molecule is COc1ccc(COc2cc(N)c(C(=O)NC3CC4CCC(C3)N4C)cc2OCc2ccc(OC)cc2)cc1. The molecule has 2 saturated heterocycles. The molecule has 8 heteroatoms. The van der Waals surface area contributed by atoms with Crippen LogP contribution >= 0.6 is 0 Å². The van der Waals surface area contributed by atoms with Gasteiger partial charge < -0.3 is 34.9 Å². The topological polar surface area (TPSA) is 95.3 Å². The van der Waals surface area contributed by atoms with Gasteiger partial charge in [0.25, 0.3) is 5.91 Å². The average Bonchev–Trinajstić information content (AvgIpc) is 3.15. The van der Waals surface area contributed by atoms with Crippen LogP contribution in [0.1, 0.15) is 47.2 Å². The second-order valence-electron chi connectivity index (χ2n) is 10.4. The molecule has 206 valence electrons. The molecule has 2 atom stereocenters. The number of rotatable bonds is 10. The minimum Gasteiger partial charge on any atom is -0.497 e. The highest BCUT2D eigenvalue weighted by Gasteiger charge is 2.39. The third kappa shape index (κ3) is 6.23. The quantitative estimate of drug-likeness (QED) is 0.363. The Labute approximate surface area is 230 Å². The number of nitrogens with zero attached hydrogens (tertiary/aromatic N) is 1. The van der Waals surface area contributed by atoms with Crippen LogP contribution in [0.3, 0.4) is 0 Å². The van der Waals surface area contributed by atoms with Gasteiger partial charge in [0.1, 0.15) is 24.7 Å². The summed E-state index contributed by atoms with van der Waals surface area (Å²) < 4.78 is 22.8. The number of benzene rings is 3.